The van der Waals surface area contributed by atoms with E-state index in [2.05, 4.69) is 48.5 Å². The topological polar surface area (TPSA) is 40.5 Å². The molecular formula is C41H34O2P2. The molecule has 6 aromatic carbocycles. The molecule has 4 heteroatoms. The van der Waals surface area contributed by atoms with Gasteiger partial charge in [-0.15, -0.1) is 0 Å². The van der Waals surface area contributed by atoms with Crippen LogP contribution < -0.4 is 21.2 Å². The van der Waals surface area contributed by atoms with Gasteiger partial charge in [-0.05, 0) is 48.2 Å². The van der Waals surface area contributed by atoms with Crippen molar-refractivity contribution in [1.29, 1.82) is 0 Å². The quantitative estimate of drug-likeness (QED) is 0.118. The van der Waals surface area contributed by atoms with Crippen molar-refractivity contribution in [2.75, 3.05) is 0 Å². The summed E-state index contributed by atoms with van der Waals surface area (Å²) in [5.41, 5.74) is 1.88. The number of hydrogen-bond acceptors (Lipinski definition) is 2. The Morgan fingerprint density at radius 2 is 0.556 bits per heavy atom. The van der Waals surface area contributed by atoms with Gasteiger partial charge >= 0.3 is 0 Å². The average molecular weight is 621 g/mol. The van der Waals surface area contributed by atoms with E-state index in [1.807, 2.05) is 133 Å². The Bertz CT molecular complexity index is 1640. The van der Waals surface area contributed by atoms with Crippen molar-refractivity contribution in [1.82, 2.24) is 0 Å². The Kier molecular flexibility index (Phi) is 9.98. The van der Waals surface area contributed by atoms with Gasteiger partial charge in [0.25, 0.3) is 0 Å². The Morgan fingerprint density at radius 1 is 0.333 bits per heavy atom. The lowest BCUT2D eigenvalue weighted by Gasteiger charge is -2.26. The van der Waals surface area contributed by atoms with E-state index in [-0.39, 0.29) is 17.9 Å². The molecule has 0 atom stereocenters. The minimum atomic E-state index is -1.14. The maximum Gasteiger partial charge on any atom is 0.109 e. The minimum Gasteiger partial charge on any atom is -0.511 e. The summed E-state index contributed by atoms with van der Waals surface area (Å²) >= 11 is 0. The third-order valence-electron chi connectivity index (χ3n) is 7.48. The fourth-order valence-electron chi connectivity index (χ4n) is 5.49. The van der Waals surface area contributed by atoms with E-state index < -0.39 is 15.8 Å². The maximum absolute atomic E-state index is 12.3. The van der Waals surface area contributed by atoms with Crippen LogP contribution in [0.5, 0.6) is 0 Å². The van der Waals surface area contributed by atoms with E-state index in [4.69, 9.17) is 0 Å². The fourth-order valence-corrected chi connectivity index (χ4v) is 10.5. The van der Waals surface area contributed by atoms with Crippen LogP contribution in [0.1, 0.15) is 17.5 Å². The van der Waals surface area contributed by atoms with Gasteiger partial charge in [-0.2, -0.15) is 0 Å². The highest BCUT2D eigenvalue weighted by molar-refractivity contribution is 7.82. The van der Waals surface area contributed by atoms with E-state index in [1.54, 1.807) is 0 Å². The van der Waals surface area contributed by atoms with Gasteiger partial charge in [0.05, 0.1) is 6.42 Å². The second-order valence-electron chi connectivity index (χ2n) is 10.5. The van der Waals surface area contributed by atoms with E-state index in [1.165, 1.54) is 0 Å². The summed E-state index contributed by atoms with van der Waals surface area (Å²) in [6.45, 7) is 0. The summed E-state index contributed by atoms with van der Waals surface area (Å²) in [6.07, 6.45) is 0.00541. The largest absolute Gasteiger partial charge is 0.511 e. The SMILES string of the molecule is O/C(C/C(O)=C(\c1ccccc1)P(c1ccccc1)c1ccccc1)=C(/c1ccccc1)P(c1ccccc1)c1ccccc1. The Hall–Kier alpha value is -4.74. The van der Waals surface area contributed by atoms with Gasteiger partial charge in [0.2, 0.25) is 0 Å². The maximum atomic E-state index is 12.3. The predicted octanol–water partition coefficient (Wildman–Crippen LogP) is 9.50. The van der Waals surface area contributed by atoms with E-state index in [9.17, 15) is 10.2 Å². The number of benzene rings is 6. The van der Waals surface area contributed by atoms with E-state index >= 15 is 0 Å². The van der Waals surface area contributed by atoms with Crippen molar-refractivity contribution in [3.63, 3.8) is 0 Å². The molecule has 0 heterocycles. The molecule has 0 aromatic heterocycles. The van der Waals surface area contributed by atoms with Crippen LogP contribution in [0.4, 0.5) is 0 Å². The molecule has 0 bridgehead atoms. The molecule has 0 saturated carbocycles. The van der Waals surface area contributed by atoms with Crippen molar-refractivity contribution in [2.24, 2.45) is 0 Å². The lowest BCUT2D eigenvalue weighted by molar-refractivity contribution is 0.347. The highest BCUT2D eigenvalue weighted by atomic mass is 31.1. The summed E-state index contributed by atoms with van der Waals surface area (Å²) < 4.78 is 0. The van der Waals surface area contributed by atoms with E-state index in [0.717, 1.165) is 43.0 Å². The summed E-state index contributed by atoms with van der Waals surface area (Å²) in [5.74, 6) is 0.337. The average Bonchev–Trinajstić information content (AvgIpc) is 3.11. The van der Waals surface area contributed by atoms with Crippen molar-refractivity contribution in [2.45, 2.75) is 6.42 Å². The molecule has 6 rings (SSSR count). The van der Waals surface area contributed by atoms with Gasteiger partial charge in [0.15, 0.2) is 0 Å². The van der Waals surface area contributed by atoms with Crippen LogP contribution in [0.25, 0.3) is 10.6 Å². The first kappa shape index (κ1) is 30.3. The van der Waals surface area contributed by atoms with Crippen LogP contribution in [-0.4, -0.2) is 10.2 Å². The molecular weight excluding hydrogens is 586 g/mol. The summed E-state index contributed by atoms with van der Waals surface area (Å²) in [6, 6.07) is 61.7. The first-order valence-corrected chi connectivity index (χ1v) is 17.6. The third-order valence-corrected chi connectivity index (χ3v) is 12.7. The van der Waals surface area contributed by atoms with Crippen molar-refractivity contribution >= 4 is 47.7 Å². The molecule has 0 unspecified atom stereocenters. The molecule has 2 N–H and O–H groups in total. The molecule has 2 nitrogen and oxygen atoms in total. The van der Waals surface area contributed by atoms with Crippen molar-refractivity contribution in [3.8, 4) is 0 Å². The Balaban J connectivity index is 1.58. The van der Waals surface area contributed by atoms with Gasteiger partial charge in [0.1, 0.15) is 11.5 Å². The van der Waals surface area contributed by atoms with Crippen molar-refractivity contribution < 1.29 is 10.2 Å². The van der Waals surface area contributed by atoms with E-state index in [0.29, 0.717) is 0 Å². The minimum absolute atomic E-state index is 0.00541. The molecule has 0 fully saturated rings. The van der Waals surface area contributed by atoms with Crippen LogP contribution in [0.3, 0.4) is 0 Å². The molecule has 45 heavy (non-hydrogen) atoms. The van der Waals surface area contributed by atoms with Crippen molar-refractivity contribution in [3.05, 3.63) is 205 Å². The number of rotatable bonds is 10. The monoisotopic (exact) mass is 620 g/mol. The summed E-state index contributed by atoms with van der Waals surface area (Å²) in [5, 5.41) is 30.7. The van der Waals surface area contributed by atoms with Crippen LogP contribution in [-0.2, 0) is 0 Å². The number of aliphatic hydroxyl groups excluding tert-OH is 2. The smallest absolute Gasteiger partial charge is 0.109 e. The highest BCUT2D eigenvalue weighted by Crippen LogP contribution is 2.53. The second-order valence-corrected chi connectivity index (χ2v) is 14.8. The summed E-state index contributed by atoms with van der Waals surface area (Å²) in [4.78, 5) is 0. The highest BCUT2D eigenvalue weighted by Gasteiger charge is 2.28. The molecule has 220 valence electrons. The zero-order valence-electron chi connectivity index (χ0n) is 24.8. The predicted molar refractivity (Wildman–Crippen MR) is 195 cm³/mol. The molecule has 0 aliphatic rings. The summed E-state index contributed by atoms with van der Waals surface area (Å²) in [7, 11) is -2.27. The second kappa shape index (κ2) is 14.8. The normalized spacial score (nSPS) is 12.5. The van der Waals surface area contributed by atoms with Crippen LogP contribution in [0.2, 0.25) is 0 Å². The van der Waals surface area contributed by atoms with Crippen LogP contribution in [0, 0.1) is 0 Å². The van der Waals surface area contributed by atoms with Gasteiger partial charge in [-0.1, -0.05) is 182 Å². The molecule has 0 spiro atoms. The lowest BCUT2D eigenvalue weighted by atomic mass is 10.1. The molecule has 0 radical (unpaired) electrons. The van der Waals surface area contributed by atoms with Crippen LogP contribution in [0.15, 0.2) is 194 Å². The first-order chi connectivity index (χ1) is 22.2. The van der Waals surface area contributed by atoms with Gasteiger partial charge in [-0.3, -0.25) is 0 Å². The molecule has 0 aliphatic heterocycles. The fraction of sp³-hybridized carbons (Fsp3) is 0.0244. The van der Waals surface area contributed by atoms with Gasteiger partial charge in [-0.25, -0.2) is 0 Å². The first-order valence-electron chi connectivity index (χ1n) is 15.0. The number of hydrogen-bond donors (Lipinski definition) is 2. The number of aliphatic hydroxyl groups is 2. The molecule has 6 aromatic rings. The lowest BCUT2D eigenvalue weighted by Crippen LogP contribution is -2.15. The Morgan fingerprint density at radius 3 is 0.800 bits per heavy atom. The Labute approximate surface area is 268 Å². The zero-order chi connectivity index (χ0) is 30.8. The zero-order valence-corrected chi connectivity index (χ0v) is 26.6. The van der Waals surface area contributed by atoms with Gasteiger partial charge in [0, 0.05) is 10.6 Å². The van der Waals surface area contributed by atoms with Crippen LogP contribution >= 0.6 is 15.8 Å². The molecule has 0 amide bonds. The standard InChI is InChI=1S/C41H34O2P2/c42-38(40(32-19-7-1-8-20-32)44(34-23-11-3-12-24-34)35-25-13-4-14-26-35)31-39(43)41(33-21-9-2-10-22-33)45(36-27-15-5-16-28-36)37-29-17-6-18-30-37/h1-30,42-43H,31H2/b40-38-,41-39-. The third kappa shape index (κ3) is 7.16. The molecule has 0 aliphatic carbocycles. The van der Waals surface area contributed by atoms with Gasteiger partial charge < -0.3 is 10.2 Å². The molecule has 0 saturated heterocycles.